The summed E-state index contributed by atoms with van der Waals surface area (Å²) in [6.45, 7) is 1.92. The number of benzene rings is 2. The van der Waals surface area contributed by atoms with Crippen LogP contribution in [0.2, 0.25) is 5.02 Å². The van der Waals surface area contributed by atoms with Crippen molar-refractivity contribution >= 4 is 52.5 Å². The Hall–Kier alpha value is -2.70. The molecule has 1 aliphatic rings. The summed E-state index contributed by atoms with van der Waals surface area (Å²) in [5.41, 5.74) is 2.53. The van der Waals surface area contributed by atoms with Gasteiger partial charge in [-0.2, -0.15) is 5.10 Å². The van der Waals surface area contributed by atoms with Crippen molar-refractivity contribution in [2.24, 2.45) is 10.2 Å². The van der Waals surface area contributed by atoms with Crippen molar-refractivity contribution in [1.82, 2.24) is 5.32 Å². The summed E-state index contributed by atoms with van der Waals surface area (Å²) in [5, 5.41) is 11.2. The predicted molar refractivity (Wildman–Crippen MR) is 116 cm³/mol. The van der Waals surface area contributed by atoms with Crippen molar-refractivity contribution in [3.05, 3.63) is 76.3 Å². The maximum absolute atomic E-state index is 12.3. The second-order valence-electron chi connectivity index (χ2n) is 6.18. The van der Waals surface area contributed by atoms with E-state index in [0.29, 0.717) is 15.8 Å². The van der Waals surface area contributed by atoms with Crippen LogP contribution in [0, 0.1) is 0 Å². The molecule has 3 rings (SSSR count). The summed E-state index contributed by atoms with van der Waals surface area (Å²) >= 11 is 7.04. The van der Waals surface area contributed by atoms with E-state index in [2.05, 4.69) is 15.5 Å². The first kappa shape index (κ1) is 20.0. The molecule has 0 bridgehead atoms. The maximum atomic E-state index is 12.3. The quantitative estimate of drug-likeness (QED) is 0.429. The van der Waals surface area contributed by atoms with E-state index in [1.54, 1.807) is 30.5 Å². The van der Waals surface area contributed by atoms with Crippen molar-refractivity contribution in [3.8, 4) is 0 Å². The molecule has 1 heterocycles. The smallest absolute Gasteiger partial charge is 0.240 e. The molecule has 2 aromatic rings. The molecule has 1 saturated heterocycles. The van der Waals surface area contributed by atoms with Crippen molar-refractivity contribution < 1.29 is 9.59 Å². The summed E-state index contributed by atoms with van der Waals surface area (Å²) in [7, 11) is 0. The minimum Gasteiger partial charge on any atom is -0.303 e. The lowest BCUT2D eigenvalue weighted by Crippen LogP contribution is -2.26. The van der Waals surface area contributed by atoms with Crippen LogP contribution in [0.5, 0.6) is 0 Å². The van der Waals surface area contributed by atoms with Crippen LogP contribution >= 0.6 is 23.4 Å². The number of amidine groups is 1. The van der Waals surface area contributed by atoms with E-state index < -0.39 is 5.25 Å². The Balaban J connectivity index is 1.58. The van der Waals surface area contributed by atoms with E-state index in [9.17, 15) is 9.59 Å². The summed E-state index contributed by atoms with van der Waals surface area (Å²) in [5.74, 6) is -0.353. The summed E-state index contributed by atoms with van der Waals surface area (Å²) < 4.78 is 0. The molecule has 2 aromatic carbocycles. The Labute approximate surface area is 172 Å². The van der Waals surface area contributed by atoms with E-state index in [1.165, 1.54) is 11.8 Å². The Morgan fingerprint density at radius 2 is 1.89 bits per heavy atom. The lowest BCUT2D eigenvalue weighted by molar-refractivity contribution is -0.118. The van der Waals surface area contributed by atoms with E-state index in [0.717, 1.165) is 11.1 Å². The van der Waals surface area contributed by atoms with Crippen LogP contribution in [0.4, 0.5) is 0 Å². The minimum atomic E-state index is -0.516. The van der Waals surface area contributed by atoms with Crippen LogP contribution in [0.25, 0.3) is 6.08 Å². The molecule has 0 aromatic heterocycles. The minimum absolute atomic E-state index is 0.0911. The maximum Gasteiger partial charge on any atom is 0.240 e. The highest BCUT2D eigenvalue weighted by Gasteiger charge is 2.32. The number of nitrogens with zero attached hydrogens (tertiary/aromatic N) is 2. The molecule has 0 spiro atoms. The van der Waals surface area contributed by atoms with E-state index in [4.69, 9.17) is 11.6 Å². The number of rotatable bonds is 6. The summed E-state index contributed by atoms with van der Waals surface area (Å²) in [6.07, 6.45) is 3.70. The molecule has 28 heavy (non-hydrogen) atoms. The largest absolute Gasteiger partial charge is 0.303 e. The van der Waals surface area contributed by atoms with Crippen molar-refractivity contribution in [1.29, 1.82) is 0 Å². The van der Waals surface area contributed by atoms with E-state index in [1.807, 2.05) is 43.3 Å². The number of Topliss-reactive ketones (excluding diaryl/α,β-unsaturated/α-hetero) is 1. The van der Waals surface area contributed by atoms with Gasteiger partial charge in [-0.25, -0.2) is 0 Å². The number of hydrogen-bond donors (Lipinski definition) is 1. The first-order chi connectivity index (χ1) is 13.5. The van der Waals surface area contributed by atoms with Gasteiger partial charge in [-0.05, 0) is 42.3 Å². The van der Waals surface area contributed by atoms with Gasteiger partial charge in [0, 0.05) is 17.0 Å². The van der Waals surface area contributed by atoms with Crippen molar-refractivity contribution in [2.45, 2.75) is 18.6 Å². The SMILES string of the molecule is CC(C=NN=C1NC(=O)C(CC(=O)c2ccc(Cl)cc2)S1)=Cc1ccccc1. The van der Waals surface area contributed by atoms with Crippen molar-refractivity contribution in [3.63, 3.8) is 0 Å². The molecule has 1 aliphatic heterocycles. The monoisotopic (exact) mass is 411 g/mol. The van der Waals surface area contributed by atoms with Gasteiger partial charge in [0.2, 0.25) is 5.91 Å². The van der Waals surface area contributed by atoms with Gasteiger partial charge in [0.25, 0.3) is 0 Å². The highest BCUT2D eigenvalue weighted by molar-refractivity contribution is 8.15. The fraction of sp³-hybridized carbons (Fsp3) is 0.143. The number of carbonyl (C=O) groups excluding carboxylic acids is 2. The lowest BCUT2D eigenvalue weighted by Gasteiger charge is -2.04. The Bertz CT molecular complexity index is 953. The number of allylic oxidation sites excluding steroid dienone is 1. The van der Waals surface area contributed by atoms with Gasteiger partial charge < -0.3 is 5.32 Å². The van der Waals surface area contributed by atoms with Gasteiger partial charge >= 0.3 is 0 Å². The molecule has 0 aliphatic carbocycles. The molecule has 1 amide bonds. The zero-order chi connectivity index (χ0) is 19.9. The molecular weight excluding hydrogens is 394 g/mol. The molecule has 5 nitrogen and oxygen atoms in total. The number of amides is 1. The topological polar surface area (TPSA) is 70.9 Å². The first-order valence-electron chi connectivity index (χ1n) is 8.62. The fourth-order valence-electron chi connectivity index (χ4n) is 2.53. The molecular formula is C21H18ClN3O2S. The first-order valence-corrected chi connectivity index (χ1v) is 9.88. The number of halogens is 1. The molecule has 142 valence electrons. The van der Waals surface area contributed by atoms with Crippen LogP contribution in [0.15, 0.2) is 70.4 Å². The van der Waals surface area contributed by atoms with Gasteiger partial charge in [0.05, 0.1) is 11.5 Å². The van der Waals surface area contributed by atoms with Gasteiger partial charge in [-0.3, -0.25) is 9.59 Å². The van der Waals surface area contributed by atoms with Gasteiger partial charge in [0.1, 0.15) is 0 Å². The molecule has 0 radical (unpaired) electrons. The number of carbonyl (C=O) groups is 2. The van der Waals surface area contributed by atoms with Crippen LogP contribution < -0.4 is 5.32 Å². The number of nitrogens with one attached hydrogen (secondary N) is 1. The average Bonchev–Trinajstić information content (AvgIpc) is 3.02. The van der Waals surface area contributed by atoms with Crippen LogP contribution in [-0.2, 0) is 4.79 Å². The lowest BCUT2D eigenvalue weighted by atomic mass is 10.1. The molecule has 7 heteroatoms. The third-order valence-electron chi connectivity index (χ3n) is 3.92. The third kappa shape index (κ3) is 5.65. The van der Waals surface area contributed by atoms with Crippen LogP contribution in [0.3, 0.4) is 0 Å². The third-order valence-corrected chi connectivity index (χ3v) is 5.24. The molecule has 1 fully saturated rings. The molecule has 1 N–H and O–H groups in total. The van der Waals surface area contributed by atoms with E-state index in [-0.39, 0.29) is 18.1 Å². The standard InChI is InChI=1S/C21H18ClN3O2S/c1-14(11-15-5-3-2-4-6-15)13-23-25-21-24-20(27)19(28-21)12-18(26)16-7-9-17(22)10-8-16/h2-11,13,19H,12H2,1H3,(H,24,25,27). The average molecular weight is 412 g/mol. The van der Waals surface area contributed by atoms with Crippen LogP contribution in [-0.4, -0.2) is 28.3 Å². The number of hydrogen-bond acceptors (Lipinski definition) is 5. The van der Waals surface area contributed by atoms with E-state index >= 15 is 0 Å². The number of thioether (sulfide) groups is 1. The second-order valence-corrected chi connectivity index (χ2v) is 7.81. The zero-order valence-electron chi connectivity index (χ0n) is 15.1. The predicted octanol–water partition coefficient (Wildman–Crippen LogP) is 4.59. The summed E-state index contributed by atoms with van der Waals surface area (Å²) in [6, 6.07) is 16.5. The van der Waals surface area contributed by atoms with Gasteiger partial charge in [0.15, 0.2) is 11.0 Å². The van der Waals surface area contributed by atoms with Crippen LogP contribution in [0.1, 0.15) is 29.3 Å². The fourth-order valence-corrected chi connectivity index (χ4v) is 3.58. The molecule has 1 unspecified atom stereocenters. The second kappa shape index (κ2) is 9.48. The zero-order valence-corrected chi connectivity index (χ0v) is 16.7. The molecule has 0 saturated carbocycles. The Morgan fingerprint density at radius 1 is 1.18 bits per heavy atom. The van der Waals surface area contributed by atoms with Crippen molar-refractivity contribution in [2.75, 3.05) is 0 Å². The van der Waals surface area contributed by atoms with Gasteiger partial charge in [-0.15, -0.1) is 5.10 Å². The normalized spacial score (nSPS) is 18.6. The Kier molecular flexibility index (Phi) is 6.79. The molecule has 1 atom stereocenters. The summed E-state index contributed by atoms with van der Waals surface area (Å²) in [4.78, 5) is 24.4. The van der Waals surface area contributed by atoms with Gasteiger partial charge in [-0.1, -0.05) is 59.8 Å². The Morgan fingerprint density at radius 3 is 2.61 bits per heavy atom. The highest BCUT2D eigenvalue weighted by Crippen LogP contribution is 2.24. The highest BCUT2D eigenvalue weighted by atomic mass is 35.5. The number of ketones is 1.